The topological polar surface area (TPSA) is 29.3 Å². The molecule has 0 radical (unpaired) electrons. The molecule has 2 nitrogen and oxygen atoms in total. The minimum atomic E-state index is 0.421. The van der Waals surface area contributed by atoms with Gasteiger partial charge in [-0.2, -0.15) is 0 Å². The average molecular weight is 258 g/mol. The van der Waals surface area contributed by atoms with Crippen molar-refractivity contribution < 1.29 is 0 Å². The molecule has 1 fully saturated rings. The Morgan fingerprint density at radius 1 is 1.05 bits per heavy atom. The minimum absolute atomic E-state index is 0.421. The van der Waals surface area contributed by atoms with Gasteiger partial charge in [0.05, 0.1) is 0 Å². The Kier molecular flexibility index (Phi) is 4.07. The van der Waals surface area contributed by atoms with Crippen LogP contribution in [0.25, 0.3) is 0 Å². The second-order valence-electron chi connectivity index (χ2n) is 6.24. The van der Waals surface area contributed by atoms with E-state index in [1.54, 1.807) is 0 Å². The van der Waals surface area contributed by atoms with Crippen molar-refractivity contribution in [3.63, 3.8) is 0 Å². The molecule has 1 aliphatic heterocycles. The Hall–Kier alpha value is -1.02. The number of para-hydroxylation sites is 1. The van der Waals surface area contributed by atoms with E-state index in [9.17, 15) is 0 Å². The second kappa shape index (κ2) is 5.96. The van der Waals surface area contributed by atoms with Crippen LogP contribution in [0.3, 0.4) is 0 Å². The fraction of sp³-hybridized carbons (Fsp3) is 0.647. The van der Waals surface area contributed by atoms with Crippen LogP contribution in [0, 0.1) is 5.92 Å². The van der Waals surface area contributed by atoms with Crippen LogP contribution < -0.4 is 10.6 Å². The van der Waals surface area contributed by atoms with Gasteiger partial charge in [0.2, 0.25) is 0 Å². The highest BCUT2D eigenvalue weighted by molar-refractivity contribution is 5.54. The molecule has 0 amide bonds. The highest BCUT2D eigenvalue weighted by Crippen LogP contribution is 2.30. The molecule has 1 heterocycles. The van der Waals surface area contributed by atoms with Crippen LogP contribution in [0.2, 0.25) is 0 Å². The summed E-state index contributed by atoms with van der Waals surface area (Å²) in [5.41, 5.74) is 9.33. The van der Waals surface area contributed by atoms with E-state index in [1.807, 2.05) is 0 Å². The summed E-state index contributed by atoms with van der Waals surface area (Å²) in [6.45, 7) is 2.37. The summed E-state index contributed by atoms with van der Waals surface area (Å²) >= 11 is 0. The highest BCUT2D eigenvalue weighted by atomic mass is 15.1. The maximum Gasteiger partial charge on any atom is 0.0398 e. The first-order chi connectivity index (χ1) is 9.34. The van der Waals surface area contributed by atoms with Crippen LogP contribution in [0.4, 0.5) is 5.69 Å². The van der Waals surface area contributed by atoms with E-state index in [0.29, 0.717) is 12.0 Å². The molecule has 1 aromatic rings. The van der Waals surface area contributed by atoms with E-state index in [4.69, 9.17) is 5.73 Å². The number of aryl methyl sites for hydroxylation is 1. The summed E-state index contributed by atoms with van der Waals surface area (Å²) in [4.78, 5) is 2.61. The smallest absolute Gasteiger partial charge is 0.0398 e. The molecular formula is C17H26N2. The van der Waals surface area contributed by atoms with E-state index < -0.39 is 0 Å². The Morgan fingerprint density at radius 2 is 1.89 bits per heavy atom. The van der Waals surface area contributed by atoms with Crippen LogP contribution in [-0.4, -0.2) is 19.1 Å². The van der Waals surface area contributed by atoms with Crippen molar-refractivity contribution in [3.8, 4) is 0 Å². The van der Waals surface area contributed by atoms with Crippen LogP contribution >= 0.6 is 0 Å². The number of hydrogen-bond acceptors (Lipinski definition) is 2. The Bertz CT molecular complexity index is 415. The molecule has 0 aromatic heterocycles. The SMILES string of the molecule is NC1CCCCC1CN1CCCCc2ccccc21. The van der Waals surface area contributed by atoms with Crippen molar-refractivity contribution in [2.75, 3.05) is 18.0 Å². The van der Waals surface area contributed by atoms with Crippen molar-refractivity contribution in [3.05, 3.63) is 29.8 Å². The Labute approximate surface area is 117 Å². The van der Waals surface area contributed by atoms with Gasteiger partial charge >= 0.3 is 0 Å². The van der Waals surface area contributed by atoms with Gasteiger partial charge in [0.15, 0.2) is 0 Å². The van der Waals surface area contributed by atoms with Gasteiger partial charge in [0.25, 0.3) is 0 Å². The Morgan fingerprint density at radius 3 is 2.79 bits per heavy atom. The van der Waals surface area contributed by atoms with Gasteiger partial charge in [0.1, 0.15) is 0 Å². The molecule has 2 aliphatic rings. The van der Waals surface area contributed by atoms with Gasteiger partial charge in [-0.3, -0.25) is 0 Å². The van der Waals surface area contributed by atoms with Crippen molar-refractivity contribution in [1.29, 1.82) is 0 Å². The lowest BCUT2D eigenvalue weighted by molar-refractivity contribution is 0.309. The maximum atomic E-state index is 6.33. The molecule has 2 heteroatoms. The fourth-order valence-corrected chi connectivity index (χ4v) is 3.71. The van der Waals surface area contributed by atoms with E-state index in [1.165, 1.54) is 62.7 Å². The van der Waals surface area contributed by atoms with Crippen molar-refractivity contribution >= 4 is 5.69 Å². The lowest BCUT2D eigenvalue weighted by Crippen LogP contribution is -2.41. The lowest BCUT2D eigenvalue weighted by Gasteiger charge is -2.35. The third-order valence-corrected chi connectivity index (χ3v) is 4.88. The van der Waals surface area contributed by atoms with Gasteiger partial charge in [-0.25, -0.2) is 0 Å². The molecule has 2 atom stereocenters. The zero-order valence-corrected chi connectivity index (χ0v) is 11.9. The Balaban J connectivity index is 1.76. The number of nitrogens with two attached hydrogens (primary N) is 1. The third kappa shape index (κ3) is 2.94. The summed E-state index contributed by atoms with van der Waals surface area (Å²) in [6.07, 6.45) is 9.12. The van der Waals surface area contributed by atoms with E-state index in [2.05, 4.69) is 29.2 Å². The summed E-state index contributed by atoms with van der Waals surface area (Å²) in [6, 6.07) is 9.37. The largest absolute Gasteiger partial charge is 0.371 e. The van der Waals surface area contributed by atoms with Crippen LogP contribution in [0.1, 0.15) is 44.1 Å². The molecule has 104 valence electrons. The molecule has 2 unspecified atom stereocenters. The standard InChI is InChI=1S/C17H26N2/c18-16-10-3-1-9-15(16)13-19-12-6-5-8-14-7-2-4-11-17(14)19/h2,4,7,11,15-16H,1,3,5-6,8-10,12-13,18H2. The first-order valence-electron chi connectivity index (χ1n) is 7.93. The van der Waals surface area contributed by atoms with Gasteiger partial charge in [-0.15, -0.1) is 0 Å². The minimum Gasteiger partial charge on any atom is -0.371 e. The molecule has 19 heavy (non-hydrogen) atoms. The first kappa shape index (κ1) is 13.0. The van der Waals surface area contributed by atoms with Crippen molar-refractivity contribution in [2.45, 2.75) is 51.0 Å². The molecule has 1 aliphatic carbocycles. The number of anilines is 1. The number of hydrogen-bond donors (Lipinski definition) is 1. The van der Waals surface area contributed by atoms with Crippen LogP contribution in [-0.2, 0) is 6.42 Å². The molecule has 0 bridgehead atoms. The van der Waals surface area contributed by atoms with Crippen LogP contribution in [0.5, 0.6) is 0 Å². The molecule has 1 aromatic carbocycles. The van der Waals surface area contributed by atoms with Gasteiger partial charge in [0, 0.05) is 24.8 Å². The first-order valence-corrected chi connectivity index (χ1v) is 7.93. The summed E-state index contributed by atoms with van der Waals surface area (Å²) in [5, 5.41) is 0. The van der Waals surface area contributed by atoms with Crippen molar-refractivity contribution in [1.82, 2.24) is 0 Å². The fourth-order valence-electron chi connectivity index (χ4n) is 3.71. The molecule has 3 rings (SSSR count). The molecule has 2 N–H and O–H groups in total. The molecule has 0 saturated heterocycles. The predicted octanol–water partition coefficient (Wildman–Crippen LogP) is 3.35. The van der Waals surface area contributed by atoms with E-state index >= 15 is 0 Å². The maximum absolute atomic E-state index is 6.33. The normalized spacial score (nSPS) is 27.7. The highest BCUT2D eigenvalue weighted by Gasteiger charge is 2.25. The molecule has 0 spiro atoms. The number of nitrogens with zero attached hydrogens (tertiary/aromatic N) is 1. The zero-order valence-electron chi connectivity index (χ0n) is 11.9. The van der Waals surface area contributed by atoms with Crippen LogP contribution in [0.15, 0.2) is 24.3 Å². The van der Waals surface area contributed by atoms with Gasteiger partial charge in [-0.05, 0) is 49.7 Å². The molecular weight excluding hydrogens is 232 g/mol. The average Bonchev–Trinajstić information content (AvgIpc) is 2.64. The summed E-state index contributed by atoms with van der Waals surface area (Å²) < 4.78 is 0. The number of rotatable bonds is 2. The molecule has 1 saturated carbocycles. The monoisotopic (exact) mass is 258 g/mol. The summed E-state index contributed by atoms with van der Waals surface area (Å²) in [5.74, 6) is 0.694. The predicted molar refractivity (Wildman–Crippen MR) is 81.5 cm³/mol. The zero-order chi connectivity index (χ0) is 13.1. The summed E-state index contributed by atoms with van der Waals surface area (Å²) in [7, 11) is 0. The number of fused-ring (bicyclic) bond motifs is 1. The van der Waals surface area contributed by atoms with Gasteiger partial charge in [-0.1, -0.05) is 31.0 Å². The van der Waals surface area contributed by atoms with E-state index in [0.717, 1.165) is 6.54 Å². The second-order valence-corrected chi connectivity index (χ2v) is 6.24. The van der Waals surface area contributed by atoms with Crippen molar-refractivity contribution in [2.24, 2.45) is 11.7 Å². The third-order valence-electron chi connectivity index (χ3n) is 4.88. The lowest BCUT2D eigenvalue weighted by atomic mass is 9.84. The number of benzene rings is 1. The quantitative estimate of drug-likeness (QED) is 0.881. The van der Waals surface area contributed by atoms with E-state index in [-0.39, 0.29) is 0 Å². The van der Waals surface area contributed by atoms with Gasteiger partial charge < -0.3 is 10.6 Å².